The van der Waals surface area contributed by atoms with Crippen LogP contribution < -0.4 is 20.5 Å². The number of para-hydroxylation sites is 1. The molecule has 0 unspecified atom stereocenters. The molecule has 0 saturated heterocycles. The van der Waals surface area contributed by atoms with E-state index in [9.17, 15) is 9.59 Å². The van der Waals surface area contributed by atoms with Gasteiger partial charge in [0.2, 0.25) is 0 Å². The number of hydrogen-bond donors (Lipinski definition) is 2. The minimum atomic E-state index is -0.517. The van der Waals surface area contributed by atoms with E-state index < -0.39 is 5.91 Å². The predicted molar refractivity (Wildman–Crippen MR) is 118 cm³/mol. The zero-order chi connectivity index (χ0) is 22.0. The number of methoxy groups -OCH3 is 2. The normalized spacial score (nSPS) is 10.6. The third kappa shape index (κ3) is 3.93. The van der Waals surface area contributed by atoms with Gasteiger partial charge in [0.25, 0.3) is 5.91 Å². The van der Waals surface area contributed by atoms with Crippen molar-refractivity contribution < 1.29 is 23.5 Å². The molecule has 0 aliphatic heterocycles. The van der Waals surface area contributed by atoms with E-state index >= 15 is 0 Å². The average Bonchev–Trinajstić information content (AvgIpc) is 3.23. The van der Waals surface area contributed by atoms with Crippen molar-refractivity contribution in [2.24, 2.45) is 0 Å². The molecule has 4 aromatic rings. The van der Waals surface area contributed by atoms with E-state index in [1.165, 1.54) is 0 Å². The first kappa shape index (κ1) is 20.0. The molecule has 0 atom stereocenters. The number of anilines is 2. The molecule has 1 aromatic heterocycles. The van der Waals surface area contributed by atoms with Gasteiger partial charge in [-0.3, -0.25) is 9.59 Å². The van der Waals surface area contributed by atoms with Crippen LogP contribution in [0.3, 0.4) is 0 Å². The number of rotatable bonds is 6. The number of nitrogens with one attached hydrogen (secondary N) is 1. The van der Waals surface area contributed by atoms with Crippen LogP contribution in [0.2, 0.25) is 0 Å². The van der Waals surface area contributed by atoms with Gasteiger partial charge in [-0.15, -0.1) is 0 Å². The Morgan fingerprint density at radius 3 is 2.32 bits per heavy atom. The van der Waals surface area contributed by atoms with Gasteiger partial charge in [0.15, 0.2) is 11.5 Å². The number of ether oxygens (including phenoxy) is 2. The van der Waals surface area contributed by atoms with E-state index in [4.69, 9.17) is 19.6 Å². The maximum absolute atomic E-state index is 13.1. The zero-order valence-corrected chi connectivity index (χ0v) is 17.0. The Bertz CT molecular complexity index is 1280. The number of furan rings is 1. The monoisotopic (exact) mass is 416 g/mol. The standard InChI is InChI=1S/C24H20N2O5/c1-29-16-8-6-14(7-9-16)23(27)18-4-3-5-19(25)22(18)26-24(28)21-13-15-12-17(30-2)10-11-20(15)31-21/h3-13H,25H2,1-2H3,(H,26,28). The summed E-state index contributed by atoms with van der Waals surface area (Å²) in [7, 11) is 3.12. The number of nitrogen functional groups attached to an aromatic ring is 1. The molecule has 0 fully saturated rings. The van der Waals surface area contributed by atoms with Gasteiger partial charge >= 0.3 is 0 Å². The fourth-order valence-electron chi connectivity index (χ4n) is 3.23. The SMILES string of the molecule is COc1ccc(C(=O)c2cccc(N)c2NC(=O)c2cc3cc(OC)ccc3o2)cc1. The molecule has 0 aliphatic carbocycles. The zero-order valence-electron chi connectivity index (χ0n) is 17.0. The van der Waals surface area contributed by atoms with Gasteiger partial charge in [-0.1, -0.05) is 6.07 Å². The van der Waals surface area contributed by atoms with Crippen molar-refractivity contribution in [2.45, 2.75) is 0 Å². The fraction of sp³-hybridized carbons (Fsp3) is 0.0833. The van der Waals surface area contributed by atoms with Crippen molar-refractivity contribution in [2.75, 3.05) is 25.3 Å². The lowest BCUT2D eigenvalue weighted by atomic mass is 10.0. The number of hydrogen-bond acceptors (Lipinski definition) is 6. The number of amides is 1. The molecule has 7 heteroatoms. The van der Waals surface area contributed by atoms with Crippen LogP contribution in [0.25, 0.3) is 11.0 Å². The first-order valence-corrected chi connectivity index (χ1v) is 9.46. The molecule has 3 N–H and O–H groups in total. The Labute approximate surface area is 178 Å². The predicted octanol–water partition coefficient (Wildman–Crippen LogP) is 4.52. The van der Waals surface area contributed by atoms with Crippen molar-refractivity contribution in [3.8, 4) is 11.5 Å². The fourth-order valence-corrected chi connectivity index (χ4v) is 3.23. The van der Waals surface area contributed by atoms with Crippen LogP contribution >= 0.6 is 0 Å². The lowest BCUT2D eigenvalue weighted by molar-refractivity contribution is 0.0998. The Morgan fingerprint density at radius 2 is 1.61 bits per heavy atom. The summed E-state index contributed by atoms with van der Waals surface area (Å²) in [5, 5.41) is 3.45. The third-order valence-electron chi connectivity index (χ3n) is 4.88. The van der Waals surface area contributed by atoms with Gasteiger partial charge < -0.3 is 24.9 Å². The second kappa shape index (κ2) is 8.23. The summed E-state index contributed by atoms with van der Waals surface area (Å²) >= 11 is 0. The first-order valence-electron chi connectivity index (χ1n) is 9.46. The average molecular weight is 416 g/mol. The number of nitrogens with two attached hydrogens (primary N) is 1. The van der Waals surface area contributed by atoms with Crippen molar-refractivity contribution in [1.29, 1.82) is 0 Å². The molecule has 31 heavy (non-hydrogen) atoms. The second-order valence-electron chi connectivity index (χ2n) is 6.80. The molecule has 156 valence electrons. The Morgan fingerprint density at radius 1 is 0.903 bits per heavy atom. The molecular weight excluding hydrogens is 396 g/mol. The molecule has 1 amide bonds. The van der Waals surface area contributed by atoms with Crippen LogP contribution in [0.4, 0.5) is 11.4 Å². The summed E-state index contributed by atoms with van der Waals surface area (Å²) in [4.78, 5) is 25.9. The maximum Gasteiger partial charge on any atom is 0.291 e. The molecular formula is C24H20N2O5. The van der Waals surface area contributed by atoms with Crippen LogP contribution in [0.5, 0.6) is 11.5 Å². The molecule has 7 nitrogen and oxygen atoms in total. The Balaban J connectivity index is 1.65. The topological polar surface area (TPSA) is 104 Å². The van der Waals surface area contributed by atoms with E-state index in [1.54, 1.807) is 80.9 Å². The number of carbonyl (C=O) groups excluding carboxylic acids is 2. The smallest absolute Gasteiger partial charge is 0.291 e. The lowest BCUT2D eigenvalue weighted by Gasteiger charge is -2.12. The van der Waals surface area contributed by atoms with E-state index in [0.29, 0.717) is 22.6 Å². The van der Waals surface area contributed by atoms with Gasteiger partial charge in [-0.2, -0.15) is 0 Å². The molecule has 4 rings (SSSR count). The quantitative estimate of drug-likeness (QED) is 0.354. The summed E-state index contributed by atoms with van der Waals surface area (Å²) < 4.78 is 16.0. The van der Waals surface area contributed by atoms with E-state index in [1.807, 2.05) is 0 Å². The summed E-state index contributed by atoms with van der Waals surface area (Å²) in [6, 6.07) is 18.4. The van der Waals surface area contributed by atoms with E-state index in [2.05, 4.69) is 5.32 Å². The minimum absolute atomic E-state index is 0.0920. The highest BCUT2D eigenvalue weighted by atomic mass is 16.5. The van der Waals surface area contributed by atoms with E-state index in [-0.39, 0.29) is 28.5 Å². The molecule has 0 spiro atoms. The van der Waals surface area contributed by atoms with Crippen molar-refractivity contribution in [3.63, 3.8) is 0 Å². The summed E-state index contributed by atoms with van der Waals surface area (Å²) in [5.41, 5.74) is 7.85. The Kier molecular flexibility index (Phi) is 5.32. The summed E-state index contributed by atoms with van der Waals surface area (Å²) in [6.45, 7) is 0. The summed E-state index contributed by atoms with van der Waals surface area (Å²) in [6.07, 6.45) is 0. The number of ketones is 1. The molecule has 0 radical (unpaired) electrons. The van der Waals surface area contributed by atoms with Gasteiger partial charge in [0.05, 0.1) is 25.6 Å². The largest absolute Gasteiger partial charge is 0.497 e. The van der Waals surface area contributed by atoms with Crippen LogP contribution in [0.1, 0.15) is 26.5 Å². The highest BCUT2D eigenvalue weighted by Crippen LogP contribution is 2.29. The maximum atomic E-state index is 13.1. The minimum Gasteiger partial charge on any atom is -0.497 e. The third-order valence-corrected chi connectivity index (χ3v) is 4.88. The second-order valence-corrected chi connectivity index (χ2v) is 6.80. The van der Waals surface area contributed by atoms with Crippen molar-refractivity contribution >= 4 is 34.0 Å². The van der Waals surface area contributed by atoms with Crippen LogP contribution in [0, 0.1) is 0 Å². The van der Waals surface area contributed by atoms with Gasteiger partial charge in [-0.25, -0.2) is 0 Å². The molecule has 0 aliphatic rings. The first-order chi connectivity index (χ1) is 15.0. The van der Waals surface area contributed by atoms with Gasteiger partial charge in [0, 0.05) is 16.5 Å². The Hall–Kier alpha value is -4.26. The summed E-state index contributed by atoms with van der Waals surface area (Å²) in [5.74, 6) is 0.588. The number of benzene rings is 3. The van der Waals surface area contributed by atoms with Crippen molar-refractivity contribution in [3.05, 3.63) is 83.6 Å². The highest BCUT2D eigenvalue weighted by molar-refractivity contribution is 6.17. The van der Waals surface area contributed by atoms with E-state index in [0.717, 1.165) is 5.39 Å². The molecule has 3 aromatic carbocycles. The lowest BCUT2D eigenvalue weighted by Crippen LogP contribution is -2.16. The molecule has 0 bridgehead atoms. The van der Waals surface area contributed by atoms with Crippen LogP contribution in [-0.4, -0.2) is 25.9 Å². The number of carbonyl (C=O) groups is 2. The molecule has 1 heterocycles. The van der Waals surface area contributed by atoms with Crippen molar-refractivity contribution in [1.82, 2.24) is 0 Å². The van der Waals surface area contributed by atoms with Crippen LogP contribution in [-0.2, 0) is 0 Å². The highest BCUT2D eigenvalue weighted by Gasteiger charge is 2.20. The van der Waals surface area contributed by atoms with Gasteiger partial charge in [0.1, 0.15) is 17.1 Å². The van der Waals surface area contributed by atoms with Gasteiger partial charge in [-0.05, 0) is 60.7 Å². The molecule has 0 saturated carbocycles. The number of fused-ring (bicyclic) bond motifs is 1. The van der Waals surface area contributed by atoms with Crippen LogP contribution in [0.15, 0.2) is 71.1 Å².